The Hall–Kier alpha value is -1.72. The molecule has 0 aliphatic rings. The van der Waals surface area contributed by atoms with Crippen molar-refractivity contribution in [3.05, 3.63) is 33.7 Å². The molecule has 0 aliphatic carbocycles. The first kappa shape index (κ1) is 12.4. The van der Waals surface area contributed by atoms with Gasteiger partial charge in [-0.15, -0.1) is 0 Å². The second kappa shape index (κ2) is 5.39. The number of hydrogen-bond acceptors (Lipinski definition) is 3. The lowest BCUT2D eigenvalue weighted by Crippen LogP contribution is -2.16. The van der Waals surface area contributed by atoms with E-state index in [1.165, 1.54) is 0 Å². The fourth-order valence-corrected chi connectivity index (χ4v) is 1.24. The molecule has 0 radical (unpaired) electrons. The number of ether oxygens (including phenoxy) is 1. The minimum absolute atomic E-state index is 0.0963. The van der Waals surface area contributed by atoms with Crippen LogP contribution >= 0.6 is 0 Å². The van der Waals surface area contributed by atoms with Crippen LogP contribution in [0.2, 0.25) is 0 Å². The molecule has 0 saturated heterocycles. The maximum atomic E-state index is 12.5. The van der Waals surface area contributed by atoms with Gasteiger partial charge in [-0.3, -0.25) is 9.59 Å². The van der Waals surface area contributed by atoms with Gasteiger partial charge in [0.2, 0.25) is 5.56 Å². The average Bonchev–Trinajstić information content (AvgIpc) is 2.17. The smallest absolute Gasteiger partial charge is 0.311 e. The van der Waals surface area contributed by atoms with Gasteiger partial charge in [-0.1, -0.05) is 0 Å². The van der Waals surface area contributed by atoms with Crippen LogP contribution in [0.1, 0.15) is 24.6 Å². The predicted molar refractivity (Wildman–Crippen MR) is 52.4 cm³/mol. The number of carbonyl (C=O) groups excluding carboxylic acids is 1. The highest BCUT2D eigenvalue weighted by atomic mass is 19.3. The largest absolute Gasteiger partial charge is 0.466 e. The SMILES string of the molecule is CCOC(=O)Cc1[nH]c(=O)ccc1C(F)F. The molecule has 0 aromatic carbocycles. The molecule has 6 heteroatoms. The van der Waals surface area contributed by atoms with E-state index in [9.17, 15) is 18.4 Å². The summed E-state index contributed by atoms with van der Waals surface area (Å²) in [6.07, 6.45) is -3.09. The van der Waals surface area contributed by atoms with Gasteiger partial charge in [-0.2, -0.15) is 0 Å². The number of halogens is 2. The number of esters is 1. The number of carbonyl (C=O) groups is 1. The van der Waals surface area contributed by atoms with Crippen LogP contribution in [-0.4, -0.2) is 17.6 Å². The van der Waals surface area contributed by atoms with Crippen LogP contribution in [0.3, 0.4) is 0 Å². The molecule has 0 saturated carbocycles. The molecule has 16 heavy (non-hydrogen) atoms. The van der Waals surface area contributed by atoms with E-state index in [0.717, 1.165) is 12.1 Å². The van der Waals surface area contributed by atoms with Crippen molar-refractivity contribution in [2.75, 3.05) is 6.61 Å². The maximum absolute atomic E-state index is 12.5. The highest BCUT2D eigenvalue weighted by Gasteiger charge is 2.16. The summed E-state index contributed by atoms with van der Waals surface area (Å²) in [5.41, 5.74) is -0.975. The van der Waals surface area contributed by atoms with E-state index in [1.54, 1.807) is 6.92 Å². The highest BCUT2D eigenvalue weighted by molar-refractivity contribution is 5.72. The quantitative estimate of drug-likeness (QED) is 0.797. The summed E-state index contributed by atoms with van der Waals surface area (Å²) >= 11 is 0. The molecule has 0 fully saturated rings. The summed E-state index contributed by atoms with van der Waals surface area (Å²) in [7, 11) is 0. The van der Waals surface area contributed by atoms with E-state index < -0.39 is 18.0 Å². The molecule has 0 unspecified atom stereocenters. The Bertz CT molecular complexity index is 428. The van der Waals surface area contributed by atoms with E-state index in [1.807, 2.05) is 0 Å². The first-order chi connectivity index (χ1) is 7.54. The summed E-state index contributed by atoms with van der Waals surface area (Å²) in [6.45, 7) is 1.78. The number of alkyl halides is 2. The minimum atomic E-state index is -2.73. The lowest BCUT2D eigenvalue weighted by Gasteiger charge is -2.07. The van der Waals surface area contributed by atoms with Gasteiger partial charge < -0.3 is 9.72 Å². The molecular formula is C10H11F2NO3. The van der Waals surface area contributed by atoms with Gasteiger partial charge in [-0.05, 0) is 13.0 Å². The Kier molecular flexibility index (Phi) is 4.16. The van der Waals surface area contributed by atoms with Crippen molar-refractivity contribution in [1.82, 2.24) is 4.98 Å². The molecule has 1 rings (SSSR count). The van der Waals surface area contributed by atoms with Crippen LogP contribution in [0.5, 0.6) is 0 Å². The molecule has 1 heterocycles. The third kappa shape index (κ3) is 3.15. The van der Waals surface area contributed by atoms with Gasteiger partial charge in [0.25, 0.3) is 6.43 Å². The van der Waals surface area contributed by atoms with Crippen molar-refractivity contribution in [1.29, 1.82) is 0 Å². The third-order valence-corrected chi connectivity index (χ3v) is 1.90. The first-order valence-corrected chi connectivity index (χ1v) is 4.70. The molecular weight excluding hydrogens is 220 g/mol. The highest BCUT2D eigenvalue weighted by Crippen LogP contribution is 2.20. The monoisotopic (exact) mass is 231 g/mol. The molecule has 0 amide bonds. The Morgan fingerprint density at radius 1 is 1.50 bits per heavy atom. The zero-order valence-electron chi connectivity index (χ0n) is 8.63. The summed E-state index contributed by atoms with van der Waals surface area (Å²) in [4.78, 5) is 24.3. The van der Waals surface area contributed by atoms with Crippen molar-refractivity contribution in [2.45, 2.75) is 19.8 Å². The van der Waals surface area contributed by atoms with Gasteiger partial charge in [0.05, 0.1) is 13.0 Å². The van der Waals surface area contributed by atoms with Gasteiger partial charge in [0.1, 0.15) is 0 Å². The zero-order valence-corrected chi connectivity index (χ0v) is 8.63. The lowest BCUT2D eigenvalue weighted by atomic mass is 10.1. The standard InChI is InChI=1S/C10H11F2NO3/c1-2-16-9(15)5-7-6(10(11)12)3-4-8(14)13-7/h3-4,10H,2,5H2,1H3,(H,13,14). The van der Waals surface area contributed by atoms with E-state index in [-0.39, 0.29) is 24.3 Å². The number of rotatable bonds is 4. The first-order valence-electron chi connectivity index (χ1n) is 4.70. The van der Waals surface area contributed by atoms with Crippen molar-refractivity contribution >= 4 is 5.97 Å². The average molecular weight is 231 g/mol. The van der Waals surface area contributed by atoms with Gasteiger partial charge in [0.15, 0.2) is 0 Å². The fraction of sp³-hybridized carbons (Fsp3) is 0.400. The summed E-state index contributed by atoms with van der Waals surface area (Å²) in [5.74, 6) is -0.647. The molecule has 1 N–H and O–H groups in total. The zero-order chi connectivity index (χ0) is 12.1. The Labute approximate surface area is 90.2 Å². The molecule has 1 aromatic heterocycles. The Morgan fingerprint density at radius 2 is 2.19 bits per heavy atom. The maximum Gasteiger partial charge on any atom is 0.311 e. The van der Waals surface area contributed by atoms with E-state index in [4.69, 9.17) is 0 Å². The molecule has 0 bridgehead atoms. The molecule has 0 spiro atoms. The summed E-state index contributed by atoms with van der Waals surface area (Å²) in [5, 5.41) is 0. The Balaban J connectivity index is 2.96. The van der Waals surface area contributed by atoms with E-state index in [0.29, 0.717) is 0 Å². The van der Waals surface area contributed by atoms with E-state index in [2.05, 4.69) is 9.72 Å². The minimum Gasteiger partial charge on any atom is -0.466 e. The van der Waals surface area contributed by atoms with Crippen LogP contribution in [0.15, 0.2) is 16.9 Å². The number of aromatic amines is 1. The van der Waals surface area contributed by atoms with Gasteiger partial charge >= 0.3 is 5.97 Å². The van der Waals surface area contributed by atoms with Crippen LogP contribution in [0.4, 0.5) is 8.78 Å². The number of pyridine rings is 1. The lowest BCUT2D eigenvalue weighted by molar-refractivity contribution is -0.142. The topological polar surface area (TPSA) is 59.2 Å². The summed E-state index contributed by atoms with van der Waals surface area (Å²) < 4.78 is 29.7. The van der Waals surface area contributed by atoms with Crippen LogP contribution < -0.4 is 5.56 Å². The van der Waals surface area contributed by atoms with E-state index >= 15 is 0 Å². The van der Waals surface area contributed by atoms with Crippen molar-refractivity contribution in [3.63, 3.8) is 0 Å². The normalized spacial score (nSPS) is 10.5. The second-order valence-electron chi connectivity index (χ2n) is 3.04. The van der Waals surface area contributed by atoms with Crippen molar-refractivity contribution in [3.8, 4) is 0 Å². The number of nitrogens with one attached hydrogen (secondary N) is 1. The summed E-state index contributed by atoms with van der Waals surface area (Å²) in [6, 6.07) is 2.01. The van der Waals surface area contributed by atoms with Crippen molar-refractivity contribution in [2.24, 2.45) is 0 Å². The number of hydrogen-bond donors (Lipinski definition) is 1. The molecule has 4 nitrogen and oxygen atoms in total. The van der Waals surface area contributed by atoms with Crippen LogP contribution in [0, 0.1) is 0 Å². The molecule has 88 valence electrons. The molecule has 0 atom stereocenters. The predicted octanol–water partition coefficient (Wildman–Crippen LogP) is 1.42. The second-order valence-corrected chi connectivity index (χ2v) is 3.04. The van der Waals surface area contributed by atoms with Crippen LogP contribution in [0.25, 0.3) is 0 Å². The van der Waals surface area contributed by atoms with Gasteiger partial charge in [0, 0.05) is 17.3 Å². The number of aromatic nitrogens is 1. The fourth-order valence-electron chi connectivity index (χ4n) is 1.24. The van der Waals surface area contributed by atoms with Crippen molar-refractivity contribution < 1.29 is 18.3 Å². The van der Waals surface area contributed by atoms with Gasteiger partial charge in [-0.25, -0.2) is 8.78 Å². The third-order valence-electron chi connectivity index (χ3n) is 1.90. The Morgan fingerprint density at radius 3 is 2.75 bits per heavy atom. The van der Waals surface area contributed by atoms with Crippen LogP contribution in [-0.2, 0) is 16.0 Å². The molecule has 1 aromatic rings. The number of H-pyrrole nitrogens is 1. The molecule has 0 aliphatic heterocycles.